The van der Waals surface area contributed by atoms with E-state index < -0.39 is 0 Å². The number of hydrogen-bond acceptors (Lipinski definition) is 3. The van der Waals surface area contributed by atoms with E-state index in [1.807, 2.05) is 47.4 Å². The maximum absolute atomic E-state index is 12.9. The molecular formula is C19H19N5O2. The minimum atomic E-state index is -0.177. The molecule has 3 aromatic rings. The lowest BCUT2D eigenvalue weighted by atomic mass is 10.0. The van der Waals surface area contributed by atoms with Crippen LogP contribution in [0.2, 0.25) is 0 Å². The van der Waals surface area contributed by atoms with Gasteiger partial charge in [0.15, 0.2) is 0 Å². The summed E-state index contributed by atoms with van der Waals surface area (Å²) in [5.74, 6) is 0.0108. The lowest BCUT2D eigenvalue weighted by Crippen LogP contribution is -2.51. The van der Waals surface area contributed by atoms with Gasteiger partial charge in [-0.15, -0.1) is 0 Å². The number of nitrogens with one attached hydrogen (secondary N) is 2. The zero-order chi connectivity index (χ0) is 17.9. The van der Waals surface area contributed by atoms with E-state index in [0.717, 1.165) is 10.8 Å². The molecule has 1 fully saturated rings. The van der Waals surface area contributed by atoms with Crippen LogP contribution in [-0.2, 0) is 0 Å². The molecule has 0 radical (unpaired) electrons. The highest BCUT2D eigenvalue weighted by Gasteiger charge is 2.25. The van der Waals surface area contributed by atoms with Crippen molar-refractivity contribution in [3.8, 4) is 0 Å². The molecule has 7 nitrogen and oxygen atoms in total. The summed E-state index contributed by atoms with van der Waals surface area (Å²) in [6, 6.07) is 13.5. The lowest BCUT2D eigenvalue weighted by Gasteiger charge is -2.34. The van der Waals surface area contributed by atoms with E-state index in [-0.39, 0.29) is 11.9 Å². The molecule has 132 valence electrons. The molecule has 2 aromatic carbocycles. The quantitative estimate of drug-likeness (QED) is 0.746. The van der Waals surface area contributed by atoms with Crippen molar-refractivity contribution in [3.05, 3.63) is 60.4 Å². The van der Waals surface area contributed by atoms with Gasteiger partial charge in [-0.3, -0.25) is 9.89 Å². The van der Waals surface area contributed by atoms with Crippen molar-refractivity contribution in [2.45, 2.75) is 0 Å². The number of carbonyl (C=O) groups is 2. The summed E-state index contributed by atoms with van der Waals surface area (Å²) >= 11 is 0. The number of urea groups is 1. The monoisotopic (exact) mass is 349 g/mol. The van der Waals surface area contributed by atoms with Crippen molar-refractivity contribution < 1.29 is 9.59 Å². The number of fused-ring (bicyclic) bond motifs is 1. The summed E-state index contributed by atoms with van der Waals surface area (Å²) in [6.45, 7) is 2.03. The highest BCUT2D eigenvalue weighted by atomic mass is 16.2. The first-order valence-electron chi connectivity index (χ1n) is 8.54. The van der Waals surface area contributed by atoms with Gasteiger partial charge in [-0.2, -0.15) is 5.10 Å². The van der Waals surface area contributed by atoms with Gasteiger partial charge in [0.25, 0.3) is 5.91 Å². The largest absolute Gasteiger partial charge is 0.335 e. The average molecular weight is 349 g/mol. The Hall–Kier alpha value is -3.35. The van der Waals surface area contributed by atoms with Gasteiger partial charge in [-0.05, 0) is 16.8 Å². The van der Waals surface area contributed by atoms with Crippen LogP contribution < -0.4 is 5.32 Å². The summed E-state index contributed by atoms with van der Waals surface area (Å²) in [5, 5.41) is 11.3. The fraction of sp³-hybridized carbons (Fsp3) is 0.211. The van der Waals surface area contributed by atoms with Crippen LogP contribution in [0.25, 0.3) is 10.8 Å². The van der Waals surface area contributed by atoms with Crippen LogP contribution in [0.15, 0.2) is 54.9 Å². The Kier molecular flexibility index (Phi) is 4.27. The second-order valence-electron chi connectivity index (χ2n) is 6.22. The van der Waals surface area contributed by atoms with Crippen LogP contribution in [0.3, 0.4) is 0 Å². The topological polar surface area (TPSA) is 81.3 Å². The van der Waals surface area contributed by atoms with Gasteiger partial charge in [0, 0.05) is 37.9 Å². The second kappa shape index (κ2) is 6.87. The first-order chi connectivity index (χ1) is 12.7. The number of aromatic amines is 1. The number of amides is 3. The lowest BCUT2D eigenvalue weighted by molar-refractivity contribution is 0.0673. The predicted molar refractivity (Wildman–Crippen MR) is 99.0 cm³/mol. The molecule has 26 heavy (non-hydrogen) atoms. The second-order valence-corrected chi connectivity index (χ2v) is 6.22. The zero-order valence-electron chi connectivity index (χ0n) is 14.2. The number of H-pyrrole nitrogens is 1. The molecule has 2 heterocycles. The highest BCUT2D eigenvalue weighted by Crippen LogP contribution is 2.20. The Balaban J connectivity index is 1.42. The Bertz CT molecular complexity index is 925. The molecule has 0 unspecified atom stereocenters. The highest BCUT2D eigenvalue weighted by molar-refractivity contribution is 6.07. The molecule has 0 saturated carbocycles. The van der Waals surface area contributed by atoms with Crippen LogP contribution in [0.4, 0.5) is 10.5 Å². The maximum atomic E-state index is 12.9. The molecular weight excluding hydrogens is 330 g/mol. The molecule has 3 amide bonds. The number of hydrogen-bond donors (Lipinski definition) is 2. The Labute approximate surface area is 150 Å². The van der Waals surface area contributed by atoms with Crippen LogP contribution in [0.5, 0.6) is 0 Å². The summed E-state index contributed by atoms with van der Waals surface area (Å²) in [6.07, 6.45) is 3.18. The van der Waals surface area contributed by atoms with E-state index in [9.17, 15) is 9.59 Å². The molecule has 1 aliphatic rings. The van der Waals surface area contributed by atoms with Crippen molar-refractivity contribution >= 4 is 28.4 Å². The molecule has 0 atom stereocenters. The third-order valence-electron chi connectivity index (χ3n) is 4.62. The molecule has 0 spiro atoms. The van der Waals surface area contributed by atoms with Gasteiger partial charge < -0.3 is 15.1 Å². The number of nitrogens with zero attached hydrogens (tertiary/aromatic N) is 3. The van der Waals surface area contributed by atoms with Crippen LogP contribution >= 0.6 is 0 Å². The molecule has 2 N–H and O–H groups in total. The van der Waals surface area contributed by atoms with Gasteiger partial charge >= 0.3 is 6.03 Å². The summed E-state index contributed by atoms with van der Waals surface area (Å²) in [7, 11) is 0. The zero-order valence-corrected chi connectivity index (χ0v) is 14.2. The number of piperazine rings is 1. The number of aromatic nitrogens is 2. The normalized spacial score (nSPS) is 14.5. The maximum Gasteiger partial charge on any atom is 0.322 e. The first kappa shape index (κ1) is 16.1. The summed E-state index contributed by atoms with van der Waals surface area (Å²) in [4.78, 5) is 28.7. The fourth-order valence-corrected chi connectivity index (χ4v) is 3.22. The van der Waals surface area contributed by atoms with E-state index in [0.29, 0.717) is 37.4 Å². The van der Waals surface area contributed by atoms with E-state index >= 15 is 0 Å². The van der Waals surface area contributed by atoms with Crippen LogP contribution in [0, 0.1) is 0 Å². The van der Waals surface area contributed by atoms with Gasteiger partial charge in [0.1, 0.15) is 0 Å². The van der Waals surface area contributed by atoms with Crippen molar-refractivity contribution in [1.82, 2.24) is 20.0 Å². The molecule has 0 aliphatic carbocycles. The SMILES string of the molecule is O=C(Nc1cn[nH]c1)N1CCN(C(=O)c2cccc3ccccc23)CC1. The van der Waals surface area contributed by atoms with Crippen molar-refractivity contribution in [2.24, 2.45) is 0 Å². The molecule has 0 bridgehead atoms. The Morgan fingerprint density at radius 3 is 2.46 bits per heavy atom. The number of anilines is 1. The summed E-state index contributed by atoms with van der Waals surface area (Å²) < 4.78 is 0. The van der Waals surface area contributed by atoms with E-state index in [4.69, 9.17) is 0 Å². The van der Waals surface area contributed by atoms with Crippen LogP contribution in [-0.4, -0.2) is 58.1 Å². The van der Waals surface area contributed by atoms with Gasteiger partial charge in [-0.1, -0.05) is 36.4 Å². The van der Waals surface area contributed by atoms with E-state index in [1.54, 1.807) is 17.3 Å². The van der Waals surface area contributed by atoms with E-state index in [2.05, 4.69) is 15.5 Å². The molecule has 1 aromatic heterocycles. The first-order valence-corrected chi connectivity index (χ1v) is 8.54. The minimum Gasteiger partial charge on any atom is -0.335 e. The third-order valence-corrected chi connectivity index (χ3v) is 4.62. The van der Waals surface area contributed by atoms with Gasteiger partial charge in [-0.25, -0.2) is 4.79 Å². The molecule has 4 rings (SSSR count). The number of benzene rings is 2. The van der Waals surface area contributed by atoms with Gasteiger partial charge in [0.05, 0.1) is 11.9 Å². The smallest absolute Gasteiger partial charge is 0.322 e. The average Bonchev–Trinajstić information content (AvgIpc) is 3.20. The summed E-state index contributed by atoms with van der Waals surface area (Å²) in [5.41, 5.74) is 1.34. The minimum absolute atomic E-state index is 0.0108. The van der Waals surface area contributed by atoms with Gasteiger partial charge in [0.2, 0.25) is 0 Å². The molecule has 7 heteroatoms. The van der Waals surface area contributed by atoms with Crippen molar-refractivity contribution in [2.75, 3.05) is 31.5 Å². The van der Waals surface area contributed by atoms with Crippen molar-refractivity contribution in [1.29, 1.82) is 0 Å². The predicted octanol–water partition coefficient (Wildman–Crippen LogP) is 2.55. The molecule has 1 aliphatic heterocycles. The van der Waals surface area contributed by atoms with E-state index in [1.165, 1.54) is 0 Å². The standard InChI is InChI=1S/C19H19N5O2/c25-18(17-7-3-5-14-4-1-2-6-16(14)17)23-8-10-24(11-9-23)19(26)22-15-12-20-21-13-15/h1-7,12-13H,8-11H2,(H,20,21)(H,22,26). The fourth-order valence-electron chi connectivity index (χ4n) is 3.22. The Morgan fingerprint density at radius 2 is 1.69 bits per heavy atom. The van der Waals surface area contributed by atoms with Crippen LogP contribution in [0.1, 0.15) is 10.4 Å². The third kappa shape index (κ3) is 3.11. The van der Waals surface area contributed by atoms with Crippen molar-refractivity contribution in [3.63, 3.8) is 0 Å². The number of rotatable bonds is 2. The Morgan fingerprint density at radius 1 is 0.962 bits per heavy atom. The number of carbonyl (C=O) groups excluding carboxylic acids is 2. The molecule has 1 saturated heterocycles.